The van der Waals surface area contributed by atoms with Crippen LogP contribution in [0.4, 0.5) is 0 Å². The number of hydrogen-bond donors (Lipinski definition) is 1. The highest BCUT2D eigenvalue weighted by Crippen LogP contribution is 2.35. The molecule has 2 aliphatic heterocycles. The summed E-state index contributed by atoms with van der Waals surface area (Å²) in [4.78, 5) is 16.6. The highest BCUT2D eigenvalue weighted by atomic mass is 32.1. The molecule has 4 heteroatoms. The standard InChI is InChI=1S/C20H24N2OS/c23-20(15-6-2-1-3-7-15)21-16-12-17-8-4-9-18(13-16)22(17)14-19-10-5-11-24-19/h1-3,5-7,10-11,16-18H,4,8-9,12-14H2,(H,21,23)/t17-,18-/m1/s1. The molecule has 0 saturated carbocycles. The van der Waals surface area contributed by atoms with E-state index in [0.717, 1.165) is 24.9 Å². The summed E-state index contributed by atoms with van der Waals surface area (Å²) in [7, 11) is 0. The minimum absolute atomic E-state index is 0.0744. The van der Waals surface area contributed by atoms with E-state index in [1.54, 1.807) is 0 Å². The van der Waals surface area contributed by atoms with Crippen molar-refractivity contribution in [2.24, 2.45) is 0 Å². The van der Waals surface area contributed by atoms with Crippen LogP contribution in [-0.2, 0) is 6.54 Å². The summed E-state index contributed by atoms with van der Waals surface area (Å²) >= 11 is 1.85. The minimum Gasteiger partial charge on any atom is -0.349 e. The molecule has 24 heavy (non-hydrogen) atoms. The monoisotopic (exact) mass is 340 g/mol. The van der Waals surface area contributed by atoms with Crippen LogP contribution in [0.5, 0.6) is 0 Å². The molecule has 1 aromatic heterocycles. The number of nitrogens with one attached hydrogen (secondary N) is 1. The number of rotatable bonds is 4. The number of carbonyl (C=O) groups excluding carboxylic acids is 1. The molecule has 3 heterocycles. The van der Waals surface area contributed by atoms with Gasteiger partial charge in [-0.25, -0.2) is 0 Å². The summed E-state index contributed by atoms with van der Waals surface area (Å²) in [6.07, 6.45) is 6.02. The molecular formula is C20H24N2OS. The molecule has 2 atom stereocenters. The predicted molar refractivity (Wildman–Crippen MR) is 98.2 cm³/mol. The predicted octanol–water partition coefficient (Wildman–Crippen LogP) is 4.06. The van der Waals surface area contributed by atoms with Gasteiger partial charge < -0.3 is 5.32 Å². The summed E-state index contributed by atoms with van der Waals surface area (Å²) in [6.45, 7) is 1.08. The van der Waals surface area contributed by atoms with Crippen LogP contribution in [0.3, 0.4) is 0 Å². The van der Waals surface area contributed by atoms with Crippen LogP contribution in [-0.4, -0.2) is 28.9 Å². The fourth-order valence-corrected chi connectivity index (χ4v) is 5.01. The van der Waals surface area contributed by atoms with E-state index in [0.29, 0.717) is 18.1 Å². The van der Waals surface area contributed by atoms with Gasteiger partial charge in [0.15, 0.2) is 0 Å². The van der Waals surface area contributed by atoms with Gasteiger partial charge in [0, 0.05) is 35.1 Å². The molecule has 4 rings (SSSR count). The van der Waals surface area contributed by atoms with Crippen molar-refractivity contribution in [1.29, 1.82) is 0 Å². The molecule has 2 aromatic rings. The maximum absolute atomic E-state index is 12.4. The van der Waals surface area contributed by atoms with Gasteiger partial charge in [-0.3, -0.25) is 9.69 Å². The van der Waals surface area contributed by atoms with Gasteiger partial charge in [0.2, 0.25) is 0 Å². The number of fused-ring (bicyclic) bond motifs is 2. The molecule has 1 amide bonds. The largest absolute Gasteiger partial charge is 0.349 e. The highest BCUT2D eigenvalue weighted by Gasteiger charge is 2.38. The lowest BCUT2D eigenvalue weighted by atomic mass is 9.81. The summed E-state index contributed by atoms with van der Waals surface area (Å²) in [6, 6.07) is 15.5. The molecule has 0 radical (unpaired) electrons. The molecule has 2 bridgehead atoms. The van der Waals surface area contributed by atoms with Crippen LogP contribution in [0.1, 0.15) is 47.3 Å². The quantitative estimate of drug-likeness (QED) is 0.910. The lowest BCUT2D eigenvalue weighted by Crippen LogP contribution is -2.56. The average Bonchev–Trinajstić information content (AvgIpc) is 3.09. The van der Waals surface area contributed by atoms with Crippen molar-refractivity contribution in [3.63, 3.8) is 0 Å². The molecule has 3 nitrogen and oxygen atoms in total. The average molecular weight is 340 g/mol. The van der Waals surface area contributed by atoms with Crippen molar-refractivity contribution in [2.75, 3.05) is 0 Å². The van der Waals surface area contributed by atoms with Crippen molar-refractivity contribution < 1.29 is 4.79 Å². The third-order valence-electron chi connectivity index (χ3n) is 5.42. The number of amides is 1. The Morgan fingerprint density at radius 2 is 1.83 bits per heavy atom. The van der Waals surface area contributed by atoms with E-state index in [4.69, 9.17) is 0 Å². The highest BCUT2D eigenvalue weighted by molar-refractivity contribution is 7.09. The van der Waals surface area contributed by atoms with Crippen molar-refractivity contribution in [3.05, 3.63) is 58.3 Å². The van der Waals surface area contributed by atoms with Gasteiger partial charge in [0.1, 0.15) is 0 Å². The zero-order valence-electron chi connectivity index (χ0n) is 13.9. The molecule has 2 aliphatic rings. The number of nitrogens with zero attached hydrogens (tertiary/aromatic N) is 1. The summed E-state index contributed by atoms with van der Waals surface area (Å²) in [5, 5.41) is 5.44. The summed E-state index contributed by atoms with van der Waals surface area (Å²) in [5.74, 6) is 0.0744. The minimum atomic E-state index is 0.0744. The SMILES string of the molecule is O=C(NC1C[C@H]2CCC[C@H](C1)N2Cc1cccs1)c1ccccc1. The third kappa shape index (κ3) is 3.40. The molecule has 0 unspecified atom stereocenters. The van der Waals surface area contributed by atoms with Crippen LogP contribution >= 0.6 is 11.3 Å². The second kappa shape index (κ2) is 7.08. The Morgan fingerprint density at radius 3 is 2.50 bits per heavy atom. The van der Waals surface area contributed by atoms with Gasteiger partial charge in [-0.05, 0) is 49.3 Å². The smallest absolute Gasteiger partial charge is 0.251 e. The molecule has 126 valence electrons. The molecule has 2 saturated heterocycles. The maximum atomic E-state index is 12.4. The fraction of sp³-hybridized carbons (Fsp3) is 0.450. The Kier molecular flexibility index (Phi) is 4.67. The fourth-order valence-electron chi connectivity index (χ4n) is 4.30. The number of carbonyl (C=O) groups is 1. The van der Waals surface area contributed by atoms with Crippen molar-refractivity contribution >= 4 is 17.2 Å². The first-order chi connectivity index (χ1) is 11.8. The Balaban J connectivity index is 1.41. The first-order valence-electron chi connectivity index (χ1n) is 8.93. The van der Waals surface area contributed by atoms with Gasteiger partial charge in [-0.15, -0.1) is 11.3 Å². The van der Waals surface area contributed by atoms with Crippen LogP contribution in [0, 0.1) is 0 Å². The van der Waals surface area contributed by atoms with Crippen LogP contribution in [0.15, 0.2) is 47.8 Å². The number of benzene rings is 1. The molecule has 0 aliphatic carbocycles. The summed E-state index contributed by atoms with van der Waals surface area (Å²) in [5.41, 5.74) is 0.767. The molecular weight excluding hydrogens is 316 g/mol. The number of piperidine rings is 2. The lowest BCUT2D eigenvalue weighted by molar-refractivity contribution is 0.0184. The van der Waals surface area contributed by atoms with E-state index >= 15 is 0 Å². The number of hydrogen-bond acceptors (Lipinski definition) is 3. The topological polar surface area (TPSA) is 32.3 Å². The molecule has 1 aromatic carbocycles. The Labute approximate surface area is 147 Å². The first kappa shape index (κ1) is 15.9. The van der Waals surface area contributed by atoms with Gasteiger partial charge >= 0.3 is 0 Å². The van der Waals surface area contributed by atoms with E-state index in [1.165, 1.54) is 24.1 Å². The van der Waals surface area contributed by atoms with E-state index in [9.17, 15) is 4.79 Å². The van der Waals surface area contributed by atoms with Gasteiger partial charge in [0.25, 0.3) is 5.91 Å². The van der Waals surface area contributed by atoms with E-state index < -0.39 is 0 Å². The maximum Gasteiger partial charge on any atom is 0.251 e. The second-order valence-corrected chi connectivity index (χ2v) is 8.03. The van der Waals surface area contributed by atoms with Crippen LogP contribution in [0.25, 0.3) is 0 Å². The second-order valence-electron chi connectivity index (χ2n) is 7.00. The van der Waals surface area contributed by atoms with Gasteiger partial charge in [0.05, 0.1) is 0 Å². The van der Waals surface area contributed by atoms with Gasteiger partial charge in [-0.2, -0.15) is 0 Å². The van der Waals surface area contributed by atoms with E-state index in [-0.39, 0.29) is 5.91 Å². The third-order valence-corrected chi connectivity index (χ3v) is 6.28. The first-order valence-corrected chi connectivity index (χ1v) is 9.81. The zero-order chi connectivity index (χ0) is 16.4. The Morgan fingerprint density at radius 1 is 1.08 bits per heavy atom. The Hall–Kier alpha value is -1.65. The molecule has 2 fully saturated rings. The Bertz CT molecular complexity index is 656. The summed E-state index contributed by atoms with van der Waals surface area (Å²) < 4.78 is 0. The van der Waals surface area contributed by atoms with E-state index in [1.807, 2.05) is 41.7 Å². The van der Waals surface area contributed by atoms with Crippen molar-refractivity contribution in [3.8, 4) is 0 Å². The molecule has 1 N–H and O–H groups in total. The van der Waals surface area contributed by atoms with Crippen LogP contribution < -0.4 is 5.32 Å². The van der Waals surface area contributed by atoms with Crippen molar-refractivity contribution in [2.45, 2.75) is 56.8 Å². The van der Waals surface area contributed by atoms with Crippen LogP contribution in [0.2, 0.25) is 0 Å². The van der Waals surface area contributed by atoms with Crippen molar-refractivity contribution in [1.82, 2.24) is 10.2 Å². The van der Waals surface area contributed by atoms with Gasteiger partial charge in [-0.1, -0.05) is 30.7 Å². The normalized spacial score (nSPS) is 26.9. The lowest BCUT2D eigenvalue weighted by Gasteiger charge is -2.49. The van der Waals surface area contributed by atoms with E-state index in [2.05, 4.69) is 27.7 Å². The zero-order valence-corrected chi connectivity index (χ0v) is 14.7. The number of thiophene rings is 1. The molecule has 0 spiro atoms.